The summed E-state index contributed by atoms with van der Waals surface area (Å²) in [5.74, 6) is 5.99. The van der Waals surface area contributed by atoms with E-state index in [9.17, 15) is 0 Å². The predicted octanol–water partition coefficient (Wildman–Crippen LogP) is 2.03. The van der Waals surface area contributed by atoms with Gasteiger partial charge in [0.05, 0.1) is 19.8 Å². The minimum Gasteiger partial charge on any atom is -0.395 e. The van der Waals surface area contributed by atoms with Gasteiger partial charge in [0.25, 0.3) is 0 Å². The molecule has 1 fully saturated rings. The molecule has 0 amide bonds. The summed E-state index contributed by atoms with van der Waals surface area (Å²) in [7, 11) is 0. The number of aliphatic hydroxyl groups excluding tert-OH is 1. The van der Waals surface area contributed by atoms with Crippen molar-refractivity contribution < 1.29 is 9.84 Å². The fraction of sp³-hybridized carbons (Fsp3) is 0.529. The van der Waals surface area contributed by atoms with Crippen LogP contribution in [0.15, 0.2) is 24.3 Å². The third kappa shape index (κ3) is 4.35. The molecule has 1 aromatic rings. The van der Waals surface area contributed by atoms with Crippen molar-refractivity contribution in [3.8, 4) is 11.8 Å². The number of benzene rings is 1. The van der Waals surface area contributed by atoms with Crippen molar-refractivity contribution in [2.24, 2.45) is 0 Å². The summed E-state index contributed by atoms with van der Waals surface area (Å²) in [6, 6.07) is 8.94. The van der Waals surface area contributed by atoms with Crippen molar-refractivity contribution in [1.82, 2.24) is 4.90 Å². The number of hydrogen-bond donors (Lipinski definition) is 1. The second kappa shape index (κ2) is 8.06. The van der Waals surface area contributed by atoms with Gasteiger partial charge < -0.3 is 9.84 Å². The molecule has 108 valence electrons. The van der Waals surface area contributed by atoms with Crippen LogP contribution in [0.5, 0.6) is 0 Å². The number of rotatable bonds is 4. The van der Waals surface area contributed by atoms with Crippen molar-refractivity contribution in [2.45, 2.75) is 32.4 Å². The summed E-state index contributed by atoms with van der Waals surface area (Å²) in [6.07, 6.45) is 1.67. The highest BCUT2D eigenvalue weighted by molar-refractivity contribution is 5.36. The SMILES string of the molecule is CCC1COCCN1Cc1ccc(C#CCCO)cc1. The zero-order chi connectivity index (χ0) is 14.2. The maximum atomic E-state index is 8.70. The molecule has 1 aromatic carbocycles. The van der Waals surface area contributed by atoms with Gasteiger partial charge in [-0.25, -0.2) is 0 Å². The molecule has 0 aromatic heterocycles. The molecular formula is C17H23NO2. The second-order valence-corrected chi connectivity index (χ2v) is 5.08. The van der Waals surface area contributed by atoms with Crippen molar-refractivity contribution in [3.05, 3.63) is 35.4 Å². The van der Waals surface area contributed by atoms with E-state index in [0.29, 0.717) is 12.5 Å². The van der Waals surface area contributed by atoms with Gasteiger partial charge in [-0.3, -0.25) is 4.90 Å². The molecule has 1 heterocycles. The van der Waals surface area contributed by atoms with Gasteiger partial charge in [0.15, 0.2) is 0 Å². The van der Waals surface area contributed by atoms with Gasteiger partial charge in [0.1, 0.15) is 0 Å². The van der Waals surface area contributed by atoms with E-state index in [1.807, 2.05) is 0 Å². The van der Waals surface area contributed by atoms with E-state index in [1.54, 1.807) is 0 Å². The fourth-order valence-corrected chi connectivity index (χ4v) is 2.42. The molecule has 1 aliphatic heterocycles. The van der Waals surface area contributed by atoms with E-state index in [4.69, 9.17) is 9.84 Å². The molecule has 0 bridgehead atoms. The highest BCUT2D eigenvalue weighted by Gasteiger charge is 2.20. The van der Waals surface area contributed by atoms with Crippen molar-refractivity contribution >= 4 is 0 Å². The van der Waals surface area contributed by atoms with Crippen LogP contribution < -0.4 is 0 Å². The molecule has 1 N–H and O–H groups in total. The fourth-order valence-electron chi connectivity index (χ4n) is 2.42. The zero-order valence-corrected chi connectivity index (χ0v) is 12.1. The van der Waals surface area contributed by atoms with Crippen LogP contribution in [0.25, 0.3) is 0 Å². The Balaban J connectivity index is 1.94. The Kier molecular flexibility index (Phi) is 6.07. The lowest BCUT2D eigenvalue weighted by molar-refractivity contribution is -0.0127. The van der Waals surface area contributed by atoms with E-state index in [1.165, 1.54) is 5.56 Å². The standard InChI is InChI=1S/C17H23NO2/c1-2-17-14-20-12-10-18(17)13-16-8-6-15(7-9-16)5-3-4-11-19/h6-9,17,19H,2,4,10-14H2,1H3. The van der Waals surface area contributed by atoms with Crippen molar-refractivity contribution in [1.29, 1.82) is 0 Å². The van der Waals surface area contributed by atoms with Gasteiger partial charge in [0, 0.05) is 31.1 Å². The minimum atomic E-state index is 0.126. The first-order valence-electron chi connectivity index (χ1n) is 7.34. The molecule has 1 saturated heterocycles. The van der Waals surface area contributed by atoms with Crippen LogP contribution in [0, 0.1) is 11.8 Å². The zero-order valence-electron chi connectivity index (χ0n) is 12.1. The van der Waals surface area contributed by atoms with E-state index < -0.39 is 0 Å². The van der Waals surface area contributed by atoms with Gasteiger partial charge in [0.2, 0.25) is 0 Å². The van der Waals surface area contributed by atoms with Gasteiger partial charge >= 0.3 is 0 Å². The number of morpholine rings is 1. The van der Waals surface area contributed by atoms with Crippen LogP contribution in [0.3, 0.4) is 0 Å². The molecular weight excluding hydrogens is 250 g/mol. The second-order valence-electron chi connectivity index (χ2n) is 5.08. The van der Waals surface area contributed by atoms with Crippen LogP contribution in [0.1, 0.15) is 30.9 Å². The third-order valence-corrected chi connectivity index (χ3v) is 3.63. The Hall–Kier alpha value is -1.34. The van der Waals surface area contributed by atoms with Crippen molar-refractivity contribution in [2.75, 3.05) is 26.4 Å². The van der Waals surface area contributed by atoms with Gasteiger partial charge in [-0.2, -0.15) is 0 Å². The van der Waals surface area contributed by atoms with Crippen LogP contribution in [0.4, 0.5) is 0 Å². The first-order valence-corrected chi connectivity index (χ1v) is 7.34. The lowest BCUT2D eigenvalue weighted by atomic mass is 10.1. The summed E-state index contributed by atoms with van der Waals surface area (Å²) < 4.78 is 5.53. The van der Waals surface area contributed by atoms with E-state index in [0.717, 1.165) is 38.3 Å². The molecule has 1 aliphatic rings. The highest BCUT2D eigenvalue weighted by Crippen LogP contribution is 2.15. The molecule has 0 radical (unpaired) electrons. The van der Waals surface area contributed by atoms with Crippen molar-refractivity contribution in [3.63, 3.8) is 0 Å². The summed E-state index contributed by atoms with van der Waals surface area (Å²) in [5, 5.41) is 8.70. The molecule has 1 unspecified atom stereocenters. The van der Waals surface area contributed by atoms with Crippen LogP contribution in [-0.2, 0) is 11.3 Å². The first kappa shape index (κ1) is 15.1. The summed E-state index contributed by atoms with van der Waals surface area (Å²) >= 11 is 0. The predicted molar refractivity (Wildman–Crippen MR) is 80.3 cm³/mol. The first-order chi connectivity index (χ1) is 9.83. The number of hydrogen-bond acceptors (Lipinski definition) is 3. The topological polar surface area (TPSA) is 32.7 Å². The average Bonchev–Trinajstić information content (AvgIpc) is 2.50. The molecule has 20 heavy (non-hydrogen) atoms. The van der Waals surface area contributed by atoms with Crippen LogP contribution >= 0.6 is 0 Å². The van der Waals surface area contributed by atoms with Gasteiger partial charge in [-0.15, -0.1) is 0 Å². The average molecular weight is 273 g/mol. The molecule has 3 nitrogen and oxygen atoms in total. The molecule has 0 aliphatic carbocycles. The summed E-state index contributed by atoms with van der Waals surface area (Å²) in [6.45, 7) is 6.01. The number of ether oxygens (including phenoxy) is 1. The normalized spacial score (nSPS) is 19.4. The van der Waals surface area contributed by atoms with E-state index in [2.05, 4.69) is 47.9 Å². The minimum absolute atomic E-state index is 0.126. The van der Waals surface area contributed by atoms with Gasteiger partial charge in [-0.05, 0) is 24.1 Å². The highest BCUT2D eigenvalue weighted by atomic mass is 16.5. The molecule has 0 spiro atoms. The van der Waals surface area contributed by atoms with E-state index in [-0.39, 0.29) is 6.61 Å². The Morgan fingerprint density at radius 1 is 1.35 bits per heavy atom. The molecule has 1 atom stereocenters. The Bertz CT molecular complexity index is 458. The van der Waals surface area contributed by atoms with Gasteiger partial charge in [-0.1, -0.05) is 30.9 Å². The summed E-state index contributed by atoms with van der Waals surface area (Å²) in [5.41, 5.74) is 2.33. The molecule has 0 saturated carbocycles. The molecule has 3 heteroatoms. The third-order valence-electron chi connectivity index (χ3n) is 3.63. The number of nitrogens with zero attached hydrogens (tertiary/aromatic N) is 1. The van der Waals surface area contributed by atoms with E-state index >= 15 is 0 Å². The lowest BCUT2D eigenvalue weighted by Crippen LogP contribution is -2.44. The Morgan fingerprint density at radius 3 is 2.85 bits per heavy atom. The lowest BCUT2D eigenvalue weighted by Gasteiger charge is -2.35. The number of aliphatic hydroxyl groups is 1. The monoisotopic (exact) mass is 273 g/mol. The maximum Gasteiger partial charge on any atom is 0.0622 e. The summed E-state index contributed by atoms with van der Waals surface area (Å²) in [4.78, 5) is 2.50. The quantitative estimate of drug-likeness (QED) is 0.852. The van der Waals surface area contributed by atoms with Crippen LogP contribution in [0.2, 0.25) is 0 Å². The smallest absolute Gasteiger partial charge is 0.0622 e. The largest absolute Gasteiger partial charge is 0.395 e. The van der Waals surface area contributed by atoms with Crippen LogP contribution in [-0.4, -0.2) is 42.4 Å². The Labute approximate surface area is 121 Å². The molecule has 2 rings (SSSR count). The maximum absolute atomic E-state index is 8.70. The Morgan fingerprint density at radius 2 is 2.15 bits per heavy atom.